The molecule has 3 saturated heterocycles. The van der Waals surface area contributed by atoms with Gasteiger partial charge in [0.15, 0.2) is 12.6 Å². The number of terminal acetylenes is 3. The van der Waals surface area contributed by atoms with Crippen LogP contribution in [-0.2, 0) is 42.3 Å². The van der Waals surface area contributed by atoms with Gasteiger partial charge >= 0.3 is 5.97 Å². The molecule has 0 bridgehead atoms. The number of likely N-dealkylation sites (N-methyl/N-ethyl adjacent to an activating group) is 2. The first kappa shape index (κ1) is 90.5. The Bertz CT molecular complexity index is 2440. The number of nitrogens with zero attached hydrogens (tertiary/aromatic N) is 3. The van der Waals surface area contributed by atoms with Gasteiger partial charge in [0.1, 0.15) is 30.0 Å². The minimum Gasteiger partial charge on any atom is -0.459 e. The molecule has 3 fully saturated rings. The van der Waals surface area contributed by atoms with Crippen molar-refractivity contribution in [3.63, 3.8) is 0 Å². The van der Waals surface area contributed by atoms with Crippen LogP contribution in [0.3, 0.4) is 0 Å². The Hall–Kier alpha value is -3.73. The maximum atomic E-state index is 14.3. The SMILES string of the molecule is C.C.C#C/C=C/CC.C#C/C=C/CN(C)[C@H]1C[C@@H](C)O[C@@H](O[C@@H]2[C@@H](C)[C@H](O[C@@H]3C[C@@](C)(OC)[C@@H](O)[C@H](C)O3)[C@@H](C)C(=O)O[C@H](CC)[C@@](C)(O)[C@H](O)[C@@H](C)N(C)C[C@H](C)C[C@@]2(C)O)[C@@H]1O.C#C/C=C/CO.CCN(C(C)C)C(C)C.Cc1ccc(S(=O)(=O)Cl)cc1. The molecule has 20 heteroatoms. The lowest BCUT2D eigenvalue weighted by molar-refractivity contribution is -0.318. The third-order valence-corrected chi connectivity index (χ3v) is 17.9. The van der Waals surface area contributed by atoms with Gasteiger partial charge in [-0.05, 0) is 166 Å². The summed E-state index contributed by atoms with van der Waals surface area (Å²) in [5.41, 5.74) is -3.44. The summed E-state index contributed by atoms with van der Waals surface area (Å²) in [6, 6.07) is 6.83. The van der Waals surface area contributed by atoms with Crippen molar-refractivity contribution < 1.29 is 72.3 Å². The molecule has 0 radical (unpaired) electrons. The van der Waals surface area contributed by atoms with Gasteiger partial charge in [0.2, 0.25) is 0 Å². The first-order chi connectivity index (χ1) is 40.9. The molecule has 3 heterocycles. The number of benzene rings is 1. The molecule has 0 saturated carbocycles. The quantitative estimate of drug-likeness (QED) is 0.0544. The summed E-state index contributed by atoms with van der Waals surface area (Å²) in [5.74, 6) is 4.42. The molecule has 1 aromatic rings. The number of ether oxygens (including phenoxy) is 6. The van der Waals surface area contributed by atoms with Crippen LogP contribution < -0.4 is 0 Å². The topological polar surface area (TPSA) is 238 Å². The predicted molar refractivity (Wildman–Crippen MR) is 365 cm³/mol. The van der Waals surface area contributed by atoms with E-state index in [-0.39, 0.29) is 63.7 Å². The molecule has 18 nitrogen and oxygen atoms in total. The number of halogens is 1. The van der Waals surface area contributed by atoms with Crippen LogP contribution in [0, 0.1) is 61.7 Å². The summed E-state index contributed by atoms with van der Waals surface area (Å²) in [6.07, 6.45) is 17.5. The highest BCUT2D eigenvalue weighted by Gasteiger charge is 2.53. The second-order valence-corrected chi connectivity index (χ2v) is 27.3. The van der Waals surface area contributed by atoms with Crippen molar-refractivity contribution in [1.29, 1.82) is 0 Å². The average molecular weight is 1310 g/mol. The monoisotopic (exact) mass is 1310 g/mol. The number of carbonyl (C=O) groups excluding carboxylic acids is 1. The first-order valence-corrected chi connectivity index (χ1v) is 33.2. The van der Waals surface area contributed by atoms with Gasteiger partial charge in [-0.1, -0.05) is 103 Å². The average Bonchev–Trinajstić information content (AvgIpc) is 2.26. The van der Waals surface area contributed by atoms with E-state index in [0.717, 1.165) is 18.5 Å². The Morgan fingerprint density at radius 2 is 1.38 bits per heavy atom. The van der Waals surface area contributed by atoms with E-state index in [0.29, 0.717) is 31.6 Å². The van der Waals surface area contributed by atoms with Crippen LogP contribution in [0.25, 0.3) is 0 Å². The second-order valence-electron chi connectivity index (χ2n) is 24.7. The van der Waals surface area contributed by atoms with Crippen molar-refractivity contribution in [3.05, 3.63) is 66.3 Å². The van der Waals surface area contributed by atoms with Gasteiger partial charge in [-0.3, -0.25) is 14.6 Å². The van der Waals surface area contributed by atoms with Crippen LogP contribution in [0.2, 0.25) is 0 Å². The van der Waals surface area contributed by atoms with E-state index in [4.69, 9.17) is 63.5 Å². The Morgan fingerprint density at radius 1 is 0.844 bits per heavy atom. The van der Waals surface area contributed by atoms with E-state index >= 15 is 0 Å². The van der Waals surface area contributed by atoms with Crippen molar-refractivity contribution in [2.75, 3.05) is 47.4 Å². The van der Waals surface area contributed by atoms with Crippen molar-refractivity contribution in [2.45, 2.75) is 272 Å². The zero-order valence-electron chi connectivity index (χ0n) is 56.7. The van der Waals surface area contributed by atoms with Crippen LogP contribution in [0.5, 0.6) is 0 Å². The predicted octanol–water partition coefficient (Wildman–Crippen LogP) is 9.53. The number of esters is 1. The number of cyclic esters (lactones) is 1. The number of carbonyl (C=O) groups is 1. The van der Waals surface area contributed by atoms with Crippen LogP contribution >= 0.6 is 10.7 Å². The summed E-state index contributed by atoms with van der Waals surface area (Å²) in [4.78, 5) is 20.8. The van der Waals surface area contributed by atoms with Gasteiger partial charge in [-0.25, -0.2) is 8.42 Å². The molecule has 0 unspecified atom stereocenters. The maximum Gasteiger partial charge on any atom is 0.311 e. The number of hydrogen-bond donors (Lipinski definition) is 6. The van der Waals surface area contributed by atoms with Crippen LogP contribution in [0.1, 0.15) is 163 Å². The van der Waals surface area contributed by atoms with Crippen molar-refractivity contribution >= 4 is 25.7 Å². The molecule has 0 aliphatic carbocycles. The molecule has 0 aromatic heterocycles. The minimum absolute atomic E-state index is 0. The Labute approximate surface area is 550 Å². The lowest BCUT2D eigenvalue weighted by Crippen LogP contribution is -2.60. The fourth-order valence-electron chi connectivity index (χ4n) is 11.4. The minimum atomic E-state index is -3.55. The molecule has 90 heavy (non-hydrogen) atoms. The Morgan fingerprint density at radius 3 is 1.81 bits per heavy atom. The summed E-state index contributed by atoms with van der Waals surface area (Å²) in [7, 11) is 6.76. The standard InChI is InChI=1S/C42H74N2O12.C8H19N.C7H7ClO2S.C6H8.C5H6O.2CH4/c1-15-17-18-19-43(12)30-20-25(4)52-39(33(30)45)56-37-26(5)34(55-32-22-41(10,51-14)36(47)29(8)53-32)27(6)38(48)54-31(16-2)42(11,50)35(46)28(7)44(13)23-24(3)21-40(37,9)49;1-6-9(7(2)3)8(4)5;1-6-2-4-7(5-3-6)11(8,9)10;1-3-5-6-4-2;1-2-3-4-5-6;;/h1,17-18,24-37,39,45-47,49-50H,16,19-23H2,2-14H3;7-8H,6H2,1-5H3;2-5H,1H3;1,5-6H,4H2,2H3;1,3-4,6H,5H2;2*1H4/b18-17+;;;6-5+;4-3+;;/t24-,25-,26+,27-,28-,29+,30+,31-,32-,33-,34+,35-,36+,37-,39+,40-,41-,42-;;;;;;/m1....../s1. The number of allylic oxidation sites excluding steroid dienone is 4. The van der Waals surface area contributed by atoms with Gasteiger partial charge in [-0.15, -0.1) is 19.3 Å². The van der Waals surface area contributed by atoms with E-state index in [1.807, 2.05) is 70.7 Å². The summed E-state index contributed by atoms with van der Waals surface area (Å²) < 4.78 is 59.2. The fourth-order valence-corrected chi connectivity index (χ4v) is 12.2. The smallest absolute Gasteiger partial charge is 0.311 e. The van der Waals surface area contributed by atoms with Crippen LogP contribution in [0.15, 0.2) is 65.6 Å². The molecule has 3 aliphatic heterocycles. The number of hydrogen-bond acceptors (Lipinski definition) is 18. The van der Waals surface area contributed by atoms with Crippen LogP contribution in [-0.4, -0.2) is 210 Å². The largest absolute Gasteiger partial charge is 0.459 e. The van der Waals surface area contributed by atoms with E-state index < -0.39 is 105 Å². The second kappa shape index (κ2) is 44.0. The number of methoxy groups -OCH3 is 1. The van der Waals surface area contributed by atoms with E-state index in [9.17, 15) is 38.7 Å². The highest BCUT2D eigenvalue weighted by molar-refractivity contribution is 8.13. The van der Waals surface area contributed by atoms with Crippen LogP contribution in [0.4, 0.5) is 0 Å². The zero-order valence-corrected chi connectivity index (χ0v) is 58.2. The molecule has 4 rings (SSSR count). The molecular weight excluding hydrogens is 1190 g/mol. The molecular formula is C70H122ClN3O15S. The molecule has 0 spiro atoms. The highest BCUT2D eigenvalue weighted by atomic mass is 35.7. The van der Waals surface area contributed by atoms with Gasteiger partial charge in [0.25, 0.3) is 9.05 Å². The maximum absolute atomic E-state index is 14.3. The number of aliphatic hydroxyl groups is 6. The van der Waals surface area contributed by atoms with Crippen molar-refractivity contribution in [3.8, 4) is 37.0 Å². The van der Waals surface area contributed by atoms with Gasteiger partial charge in [-0.2, -0.15) is 0 Å². The molecule has 3 aliphatic rings. The lowest BCUT2D eigenvalue weighted by atomic mass is 9.77. The van der Waals surface area contributed by atoms with E-state index in [2.05, 4.69) is 57.3 Å². The van der Waals surface area contributed by atoms with Crippen molar-refractivity contribution in [2.24, 2.45) is 17.8 Å². The molecule has 6 N–H and O–H groups in total. The third-order valence-electron chi connectivity index (χ3n) is 16.5. The molecule has 18 atom stereocenters. The first-order valence-electron chi connectivity index (χ1n) is 30.9. The van der Waals surface area contributed by atoms with E-state index in [1.54, 1.807) is 65.8 Å². The summed E-state index contributed by atoms with van der Waals surface area (Å²) in [6.45, 7) is 34.7. The fraction of sp³-hybridized carbons (Fsp3) is 0.729. The number of aliphatic hydroxyl groups excluding tert-OH is 4. The summed E-state index contributed by atoms with van der Waals surface area (Å²) in [5, 5.41) is 66.7. The Kier molecular flexibility index (Phi) is 44.3. The normalized spacial score (nSPS) is 32.9. The van der Waals surface area contributed by atoms with Gasteiger partial charge in [0.05, 0.1) is 53.0 Å². The number of rotatable bonds is 15. The third kappa shape index (κ3) is 29.7. The van der Waals surface area contributed by atoms with E-state index in [1.165, 1.54) is 38.3 Å². The zero-order chi connectivity index (χ0) is 68.1. The molecule has 0 amide bonds. The molecule has 1 aromatic carbocycles. The lowest BCUT2D eigenvalue weighted by Gasteiger charge is -2.49. The summed E-state index contributed by atoms with van der Waals surface area (Å²) >= 11 is 0. The highest BCUT2D eigenvalue weighted by Crippen LogP contribution is 2.40. The number of aryl methyl sites for hydroxylation is 1. The van der Waals surface area contributed by atoms with Gasteiger partial charge in [0, 0.05) is 67.4 Å². The molecule has 520 valence electrons. The van der Waals surface area contributed by atoms with Crippen molar-refractivity contribution in [1.82, 2.24) is 14.7 Å². The Balaban J connectivity index is -0.00000179. The van der Waals surface area contributed by atoms with Gasteiger partial charge < -0.3 is 64.0 Å².